The summed E-state index contributed by atoms with van der Waals surface area (Å²) in [6, 6.07) is 4.61. The zero-order valence-electron chi connectivity index (χ0n) is 11.5. The van der Waals surface area contributed by atoms with Crippen molar-refractivity contribution in [2.75, 3.05) is 12.4 Å². The van der Waals surface area contributed by atoms with E-state index in [0.717, 1.165) is 0 Å². The third-order valence-electron chi connectivity index (χ3n) is 2.35. The molecule has 4 nitrogen and oxygen atoms in total. The zero-order chi connectivity index (χ0) is 14.6. The molecule has 0 spiro atoms. The number of esters is 1. The van der Waals surface area contributed by atoms with Crippen molar-refractivity contribution in [1.29, 1.82) is 0 Å². The van der Waals surface area contributed by atoms with Crippen LogP contribution in [0.2, 0.25) is 5.02 Å². The number of carbonyl (C=O) groups excluding carboxylic acids is 2. The molecule has 0 aliphatic rings. The highest BCUT2D eigenvalue weighted by molar-refractivity contribution is 6.33. The first-order valence-electron chi connectivity index (χ1n) is 5.90. The minimum Gasteiger partial charge on any atom is -0.465 e. The van der Waals surface area contributed by atoms with Gasteiger partial charge in [-0.15, -0.1) is 0 Å². The van der Waals surface area contributed by atoms with Gasteiger partial charge >= 0.3 is 5.97 Å². The molecule has 0 saturated carbocycles. The lowest BCUT2D eigenvalue weighted by molar-refractivity contribution is -0.117. The summed E-state index contributed by atoms with van der Waals surface area (Å²) in [5.41, 5.74) is 0.646. The number of halogens is 1. The highest BCUT2D eigenvalue weighted by atomic mass is 35.5. The summed E-state index contributed by atoms with van der Waals surface area (Å²) in [5, 5.41) is 3.09. The van der Waals surface area contributed by atoms with Crippen LogP contribution in [0.25, 0.3) is 0 Å². The Kier molecular flexibility index (Phi) is 4.95. The van der Waals surface area contributed by atoms with Crippen LogP contribution < -0.4 is 5.32 Å². The Labute approximate surface area is 118 Å². The summed E-state index contributed by atoms with van der Waals surface area (Å²) in [7, 11) is 1.30. The molecule has 19 heavy (non-hydrogen) atoms. The Bertz CT molecular complexity index is 492. The van der Waals surface area contributed by atoms with Crippen LogP contribution in [0.4, 0.5) is 5.69 Å². The number of benzene rings is 1. The molecule has 1 aromatic rings. The van der Waals surface area contributed by atoms with Gasteiger partial charge in [-0.25, -0.2) is 4.79 Å². The second-order valence-electron chi connectivity index (χ2n) is 5.47. The van der Waals surface area contributed by atoms with E-state index in [9.17, 15) is 9.59 Å². The number of amides is 1. The largest absolute Gasteiger partial charge is 0.465 e. The summed E-state index contributed by atoms with van der Waals surface area (Å²) in [5.74, 6) is -0.612. The van der Waals surface area contributed by atoms with Crippen molar-refractivity contribution in [3.63, 3.8) is 0 Å². The fourth-order valence-corrected chi connectivity index (χ4v) is 1.71. The summed E-state index contributed by atoms with van der Waals surface area (Å²) in [6.07, 6.45) is 0.367. The number of hydrogen-bond donors (Lipinski definition) is 1. The van der Waals surface area contributed by atoms with Crippen molar-refractivity contribution in [3.05, 3.63) is 28.8 Å². The Morgan fingerprint density at radius 3 is 2.47 bits per heavy atom. The predicted octanol–water partition coefficient (Wildman–Crippen LogP) is 3.50. The molecular weight excluding hydrogens is 266 g/mol. The second-order valence-corrected chi connectivity index (χ2v) is 5.88. The van der Waals surface area contributed by atoms with Gasteiger partial charge in [-0.2, -0.15) is 0 Å². The number of methoxy groups -OCH3 is 1. The first-order chi connectivity index (χ1) is 8.73. The normalized spacial score (nSPS) is 11.0. The van der Waals surface area contributed by atoms with Crippen molar-refractivity contribution in [2.45, 2.75) is 27.2 Å². The fourth-order valence-electron chi connectivity index (χ4n) is 1.54. The van der Waals surface area contributed by atoms with Crippen LogP contribution in [-0.4, -0.2) is 19.0 Å². The van der Waals surface area contributed by atoms with Crippen LogP contribution >= 0.6 is 11.6 Å². The van der Waals surface area contributed by atoms with Crippen molar-refractivity contribution in [3.8, 4) is 0 Å². The van der Waals surface area contributed by atoms with Gasteiger partial charge in [0, 0.05) is 6.42 Å². The van der Waals surface area contributed by atoms with Crippen LogP contribution in [0.3, 0.4) is 0 Å². The minimum atomic E-state index is -0.469. The molecule has 0 saturated heterocycles. The molecule has 0 bridgehead atoms. The van der Waals surface area contributed by atoms with Crippen molar-refractivity contribution in [1.82, 2.24) is 0 Å². The standard InChI is InChI=1S/C14H18ClNO3/c1-14(2,3)8-12(17)16-11-7-9(13(18)19-4)5-6-10(11)15/h5-7H,8H2,1-4H3,(H,16,17). The summed E-state index contributed by atoms with van der Waals surface area (Å²) < 4.78 is 4.62. The van der Waals surface area contributed by atoms with Gasteiger partial charge in [0.25, 0.3) is 0 Å². The molecule has 1 amide bonds. The maximum Gasteiger partial charge on any atom is 0.337 e. The molecule has 1 N–H and O–H groups in total. The van der Waals surface area contributed by atoms with Gasteiger partial charge < -0.3 is 10.1 Å². The summed E-state index contributed by atoms with van der Waals surface area (Å²) in [6.45, 7) is 5.91. The van der Waals surface area contributed by atoms with Crippen molar-refractivity contribution < 1.29 is 14.3 Å². The molecule has 0 heterocycles. The Hall–Kier alpha value is -1.55. The number of nitrogens with one attached hydrogen (secondary N) is 1. The SMILES string of the molecule is COC(=O)c1ccc(Cl)c(NC(=O)CC(C)(C)C)c1. The maximum atomic E-state index is 11.8. The number of hydrogen-bond acceptors (Lipinski definition) is 3. The van der Waals surface area contributed by atoms with Crippen LogP contribution in [-0.2, 0) is 9.53 Å². The van der Waals surface area contributed by atoms with Crippen LogP contribution in [0.5, 0.6) is 0 Å². The molecule has 0 fully saturated rings. The third kappa shape index (κ3) is 4.91. The first-order valence-corrected chi connectivity index (χ1v) is 6.28. The molecule has 1 rings (SSSR count). The fraction of sp³-hybridized carbons (Fsp3) is 0.429. The van der Waals surface area contributed by atoms with E-state index in [1.54, 1.807) is 12.1 Å². The molecule has 0 atom stereocenters. The van der Waals surface area contributed by atoms with E-state index in [4.69, 9.17) is 11.6 Å². The van der Waals surface area contributed by atoms with Gasteiger partial charge in [0.15, 0.2) is 0 Å². The minimum absolute atomic E-state index is 0.115. The number of anilines is 1. The first kappa shape index (κ1) is 15.5. The van der Waals surface area contributed by atoms with Gasteiger partial charge in [-0.1, -0.05) is 32.4 Å². The van der Waals surface area contributed by atoms with Crippen LogP contribution in [0.15, 0.2) is 18.2 Å². The highest BCUT2D eigenvalue weighted by Gasteiger charge is 2.17. The Morgan fingerprint density at radius 1 is 1.32 bits per heavy atom. The molecule has 0 aromatic heterocycles. The molecule has 0 radical (unpaired) electrons. The lowest BCUT2D eigenvalue weighted by atomic mass is 9.92. The average Bonchev–Trinajstić information content (AvgIpc) is 2.28. The highest BCUT2D eigenvalue weighted by Crippen LogP contribution is 2.25. The molecular formula is C14H18ClNO3. The van der Waals surface area contributed by atoms with E-state index < -0.39 is 5.97 Å². The zero-order valence-corrected chi connectivity index (χ0v) is 12.3. The summed E-state index contributed by atoms with van der Waals surface area (Å²) >= 11 is 5.99. The van der Waals surface area contributed by atoms with Crippen LogP contribution in [0.1, 0.15) is 37.6 Å². The molecule has 0 aliphatic heterocycles. The lowest BCUT2D eigenvalue weighted by Crippen LogP contribution is -2.20. The van der Waals surface area contributed by atoms with E-state index >= 15 is 0 Å². The lowest BCUT2D eigenvalue weighted by Gasteiger charge is -2.17. The van der Waals surface area contributed by atoms with Crippen LogP contribution in [0, 0.1) is 5.41 Å². The van der Waals surface area contributed by atoms with E-state index in [1.165, 1.54) is 13.2 Å². The topological polar surface area (TPSA) is 55.4 Å². The third-order valence-corrected chi connectivity index (χ3v) is 2.68. The van der Waals surface area contributed by atoms with Crippen molar-refractivity contribution in [2.24, 2.45) is 5.41 Å². The second kappa shape index (κ2) is 6.06. The van der Waals surface area contributed by atoms with E-state index in [2.05, 4.69) is 10.1 Å². The molecule has 0 aliphatic carbocycles. The maximum absolute atomic E-state index is 11.8. The summed E-state index contributed by atoms with van der Waals surface area (Å²) in [4.78, 5) is 23.3. The van der Waals surface area contributed by atoms with Gasteiger partial charge in [0.1, 0.15) is 0 Å². The monoisotopic (exact) mass is 283 g/mol. The van der Waals surface area contributed by atoms with Gasteiger partial charge in [0.2, 0.25) is 5.91 Å². The van der Waals surface area contributed by atoms with E-state index in [-0.39, 0.29) is 11.3 Å². The van der Waals surface area contributed by atoms with Gasteiger partial charge in [-0.05, 0) is 23.6 Å². The number of ether oxygens (including phenoxy) is 1. The molecule has 5 heteroatoms. The quantitative estimate of drug-likeness (QED) is 0.864. The number of rotatable bonds is 3. The van der Waals surface area contributed by atoms with Crippen molar-refractivity contribution >= 4 is 29.2 Å². The molecule has 1 aromatic carbocycles. The van der Waals surface area contributed by atoms with E-state index in [1.807, 2.05) is 20.8 Å². The Morgan fingerprint density at radius 2 is 1.95 bits per heavy atom. The molecule has 0 unspecified atom stereocenters. The van der Waals surface area contributed by atoms with Gasteiger partial charge in [0.05, 0.1) is 23.4 Å². The average molecular weight is 284 g/mol. The molecule has 104 valence electrons. The van der Waals surface area contributed by atoms with Gasteiger partial charge in [-0.3, -0.25) is 4.79 Å². The smallest absolute Gasteiger partial charge is 0.337 e. The predicted molar refractivity (Wildman–Crippen MR) is 75.5 cm³/mol. The number of carbonyl (C=O) groups is 2. The Balaban J connectivity index is 2.88. The van der Waals surface area contributed by atoms with E-state index in [0.29, 0.717) is 22.7 Å².